The fraction of sp³-hybridized carbons (Fsp3) is 0.0526. The van der Waals surface area contributed by atoms with Crippen molar-refractivity contribution < 1.29 is 9.21 Å². The number of benzene rings is 1. The van der Waals surface area contributed by atoms with Crippen molar-refractivity contribution in [2.45, 2.75) is 6.04 Å². The Morgan fingerprint density at radius 3 is 2.57 bits per heavy atom. The Morgan fingerprint density at radius 1 is 1.04 bits per heavy atom. The van der Waals surface area contributed by atoms with Crippen molar-refractivity contribution in [1.29, 1.82) is 0 Å². The van der Waals surface area contributed by atoms with Crippen molar-refractivity contribution >= 4 is 12.0 Å². The van der Waals surface area contributed by atoms with E-state index in [0.717, 1.165) is 11.3 Å². The van der Waals surface area contributed by atoms with E-state index in [1.807, 2.05) is 54.6 Å². The van der Waals surface area contributed by atoms with E-state index in [2.05, 4.69) is 10.3 Å². The third-order valence-corrected chi connectivity index (χ3v) is 3.34. The summed E-state index contributed by atoms with van der Waals surface area (Å²) in [7, 11) is 0. The third-order valence-electron chi connectivity index (χ3n) is 3.34. The minimum absolute atomic E-state index is 0.207. The number of hydrogen-bond acceptors (Lipinski definition) is 3. The molecule has 0 saturated heterocycles. The second kappa shape index (κ2) is 7.22. The maximum Gasteiger partial charge on any atom is 0.244 e. The maximum absolute atomic E-state index is 12.2. The minimum atomic E-state index is -0.327. The van der Waals surface area contributed by atoms with Gasteiger partial charge in [-0.15, -0.1) is 0 Å². The molecule has 3 aromatic rings. The van der Waals surface area contributed by atoms with Crippen LogP contribution in [0.4, 0.5) is 0 Å². The van der Waals surface area contributed by atoms with Gasteiger partial charge in [-0.3, -0.25) is 9.78 Å². The Hall–Kier alpha value is -3.14. The molecule has 1 unspecified atom stereocenters. The highest BCUT2D eigenvalue weighted by atomic mass is 16.3. The van der Waals surface area contributed by atoms with Gasteiger partial charge >= 0.3 is 0 Å². The van der Waals surface area contributed by atoms with Crippen molar-refractivity contribution in [2.75, 3.05) is 0 Å². The van der Waals surface area contributed by atoms with Gasteiger partial charge in [-0.1, -0.05) is 36.4 Å². The summed E-state index contributed by atoms with van der Waals surface area (Å²) < 4.78 is 5.46. The van der Waals surface area contributed by atoms with E-state index in [-0.39, 0.29) is 11.9 Å². The summed E-state index contributed by atoms with van der Waals surface area (Å²) in [5.41, 5.74) is 1.69. The third kappa shape index (κ3) is 3.95. The lowest BCUT2D eigenvalue weighted by Crippen LogP contribution is -2.27. The normalized spacial score (nSPS) is 12.2. The van der Waals surface area contributed by atoms with E-state index in [4.69, 9.17) is 4.42 Å². The Morgan fingerprint density at radius 2 is 1.87 bits per heavy atom. The first-order chi connectivity index (χ1) is 11.3. The van der Waals surface area contributed by atoms with Gasteiger partial charge in [0.1, 0.15) is 11.8 Å². The highest BCUT2D eigenvalue weighted by molar-refractivity contribution is 5.91. The molecule has 0 spiro atoms. The van der Waals surface area contributed by atoms with E-state index in [9.17, 15) is 4.79 Å². The molecule has 0 aliphatic carbocycles. The summed E-state index contributed by atoms with van der Waals surface area (Å²) in [5, 5.41) is 2.96. The molecule has 3 rings (SSSR count). The van der Waals surface area contributed by atoms with E-state index in [1.54, 1.807) is 24.6 Å². The number of aromatic nitrogens is 1. The van der Waals surface area contributed by atoms with E-state index in [0.29, 0.717) is 5.76 Å². The van der Waals surface area contributed by atoms with Crippen LogP contribution in [-0.4, -0.2) is 10.9 Å². The first-order valence-electron chi connectivity index (χ1n) is 7.31. The molecule has 0 radical (unpaired) electrons. The first kappa shape index (κ1) is 14.8. The van der Waals surface area contributed by atoms with Crippen LogP contribution in [0.1, 0.15) is 23.1 Å². The van der Waals surface area contributed by atoms with Crippen LogP contribution in [0.15, 0.2) is 83.6 Å². The molecule has 0 aliphatic rings. The summed E-state index contributed by atoms with van der Waals surface area (Å²) >= 11 is 0. The second-order valence-electron chi connectivity index (χ2n) is 4.96. The van der Waals surface area contributed by atoms with Crippen LogP contribution in [-0.2, 0) is 4.79 Å². The van der Waals surface area contributed by atoms with Crippen LogP contribution in [0.25, 0.3) is 6.08 Å². The SMILES string of the molecule is O=C(C=Cc1ccccn1)NC(c1ccccc1)c1ccco1. The van der Waals surface area contributed by atoms with Gasteiger partial charge in [-0.25, -0.2) is 0 Å². The highest BCUT2D eigenvalue weighted by Gasteiger charge is 2.17. The van der Waals surface area contributed by atoms with Crippen LogP contribution < -0.4 is 5.32 Å². The van der Waals surface area contributed by atoms with Gasteiger partial charge in [0.15, 0.2) is 0 Å². The van der Waals surface area contributed by atoms with E-state index in [1.165, 1.54) is 6.08 Å². The summed E-state index contributed by atoms with van der Waals surface area (Å²) in [5.74, 6) is 0.483. The van der Waals surface area contributed by atoms with Gasteiger partial charge in [0.2, 0.25) is 5.91 Å². The molecule has 1 amide bonds. The van der Waals surface area contributed by atoms with Crippen LogP contribution in [0.2, 0.25) is 0 Å². The zero-order chi connectivity index (χ0) is 15.9. The number of carbonyl (C=O) groups is 1. The Bertz CT molecular complexity index is 766. The van der Waals surface area contributed by atoms with Gasteiger partial charge in [0, 0.05) is 12.3 Å². The topological polar surface area (TPSA) is 55.1 Å². The van der Waals surface area contributed by atoms with E-state index < -0.39 is 0 Å². The number of amides is 1. The van der Waals surface area contributed by atoms with Crippen molar-refractivity contribution in [1.82, 2.24) is 10.3 Å². The fourth-order valence-electron chi connectivity index (χ4n) is 2.25. The predicted molar refractivity (Wildman–Crippen MR) is 88.4 cm³/mol. The van der Waals surface area contributed by atoms with Crippen molar-refractivity contribution in [3.8, 4) is 0 Å². The second-order valence-corrected chi connectivity index (χ2v) is 4.96. The zero-order valence-corrected chi connectivity index (χ0v) is 12.4. The molecule has 4 heteroatoms. The van der Waals surface area contributed by atoms with Crippen LogP contribution >= 0.6 is 0 Å². The molecular weight excluding hydrogens is 288 g/mol. The number of nitrogens with one attached hydrogen (secondary N) is 1. The zero-order valence-electron chi connectivity index (χ0n) is 12.4. The van der Waals surface area contributed by atoms with Gasteiger partial charge in [0.05, 0.1) is 12.0 Å². The fourth-order valence-corrected chi connectivity index (χ4v) is 2.25. The predicted octanol–water partition coefficient (Wildman–Crippen LogP) is 3.59. The highest BCUT2D eigenvalue weighted by Crippen LogP contribution is 2.22. The minimum Gasteiger partial charge on any atom is -0.467 e. The first-order valence-corrected chi connectivity index (χ1v) is 7.31. The molecule has 4 nitrogen and oxygen atoms in total. The lowest BCUT2D eigenvalue weighted by Gasteiger charge is -2.16. The molecule has 1 aromatic carbocycles. The van der Waals surface area contributed by atoms with Crippen molar-refractivity contribution in [2.24, 2.45) is 0 Å². The summed E-state index contributed by atoms with van der Waals surface area (Å²) in [6.07, 6.45) is 6.44. The number of nitrogens with zero attached hydrogens (tertiary/aromatic N) is 1. The Labute approximate surface area is 134 Å². The number of hydrogen-bond donors (Lipinski definition) is 1. The van der Waals surface area contributed by atoms with Crippen LogP contribution in [0.5, 0.6) is 0 Å². The average Bonchev–Trinajstić information content (AvgIpc) is 3.14. The summed E-state index contributed by atoms with van der Waals surface area (Å²) in [6, 6.07) is 18.6. The molecule has 2 aromatic heterocycles. The summed E-state index contributed by atoms with van der Waals surface area (Å²) in [4.78, 5) is 16.4. The molecule has 1 N–H and O–H groups in total. The molecule has 23 heavy (non-hydrogen) atoms. The Balaban J connectivity index is 1.77. The van der Waals surface area contributed by atoms with Crippen molar-refractivity contribution in [3.63, 3.8) is 0 Å². The average molecular weight is 304 g/mol. The molecular formula is C19H16N2O2. The number of pyridine rings is 1. The standard InChI is InChI=1S/C19H16N2O2/c22-18(12-11-16-9-4-5-13-20-16)21-19(17-10-6-14-23-17)15-7-2-1-3-8-15/h1-14,19H,(H,21,22). The van der Waals surface area contributed by atoms with Gasteiger partial charge in [0.25, 0.3) is 0 Å². The lowest BCUT2D eigenvalue weighted by molar-refractivity contribution is -0.117. The summed E-state index contributed by atoms with van der Waals surface area (Å²) in [6.45, 7) is 0. The molecule has 0 bridgehead atoms. The molecule has 114 valence electrons. The molecule has 2 heterocycles. The lowest BCUT2D eigenvalue weighted by atomic mass is 10.0. The van der Waals surface area contributed by atoms with Gasteiger partial charge in [-0.2, -0.15) is 0 Å². The number of carbonyl (C=O) groups excluding carboxylic acids is 1. The monoisotopic (exact) mass is 304 g/mol. The maximum atomic E-state index is 12.2. The van der Waals surface area contributed by atoms with Gasteiger partial charge < -0.3 is 9.73 Å². The molecule has 1 atom stereocenters. The van der Waals surface area contributed by atoms with Crippen LogP contribution in [0, 0.1) is 0 Å². The molecule has 0 saturated carbocycles. The molecule has 0 fully saturated rings. The van der Waals surface area contributed by atoms with Crippen LogP contribution in [0.3, 0.4) is 0 Å². The number of rotatable bonds is 5. The van der Waals surface area contributed by atoms with Gasteiger partial charge in [-0.05, 0) is 35.9 Å². The van der Waals surface area contributed by atoms with E-state index >= 15 is 0 Å². The van der Waals surface area contributed by atoms with Crippen molar-refractivity contribution in [3.05, 3.63) is 96.2 Å². The molecule has 0 aliphatic heterocycles. The Kier molecular flexibility index (Phi) is 4.64. The quantitative estimate of drug-likeness (QED) is 0.733. The smallest absolute Gasteiger partial charge is 0.244 e. The largest absolute Gasteiger partial charge is 0.467 e. The number of furan rings is 1.